The summed E-state index contributed by atoms with van der Waals surface area (Å²) in [5, 5.41) is 3.26. The van der Waals surface area contributed by atoms with Crippen molar-refractivity contribution in [2.75, 3.05) is 11.9 Å². The molecular weight excluding hydrogens is 564 g/mol. The summed E-state index contributed by atoms with van der Waals surface area (Å²) < 4.78 is 30.6. The second-order valence-electron chi connectivity index (χ2n) is 8.83. The Morgan fingerprint density at radius 3 is 2.51 bits per heavy atom. The predicted molar refractivity (Wildman–Crippen MR) is 144 cm³/mol. The van der Waals surface area contributed by atoms with E-state index in [0.717, 1.165) is 10.0 Å². The number of imidazole rings is 1. The zero-order valence-electron chi connectivity index (χ0n) is 19.6. The molecule has 4 aromatic rings. The van der Waals surface area contributed by atoms with E-state index in [0.29, 0.717) is 48.1 Å². The van der Waals surface area contributed by atoms with Crippen molar-refractivity contribution in [3.8, 4) is 11.3 Å². The molecule has 1 aliphatic rings. The summed E-state index contributed by atoms with van der Waals surface area (Å²) in [7, 11) is 0. The molecule has 0 spiro atoms. The molecule has 5 rings (SSSR count). The number of anilines is 2. The van der Waals surface area contributed by atoms with Gasteiger partial charge in [0.15, 0.2) is 0 Å². The minimum absolute atomic E-state index is 0.0215. The smallest absolute Gasteiger partial charge is 0.240 e. The van der Waals surface area contributed by atoms with Crippen LogP contribution >= 0.6 is 27.5 Å². The van der Waals surface area contributed by atoms with Gasteiger partial charge in [0.25, 0.3) is 0 Å². The molecule has 0 bridgehead atoms. The van der Waals surface area contributed by atoms with Gasteiger partial charge in [0, 0.05) is 28.8 Å². The lowest BCUT2D eigenvalue weighted by atomic mass is 10.1. The van der Waals surface area contributed by atoms with E-state index in [2.05, 4.69) is 21.2 Å². The van der Waals surface area contributed by atoms with E-state index in [1.165, 1.54) is 24.3 Å². The highest BCUT2D eigenvalue weighted by molar-refractivity contribution is 9.10. The van der Waals surface area contributed by atoms with Gasteiger partial charge in [-0.05, 0) is 66.6 Å². The van der Waals surface area contributed by atoms with Crippen LogP contribution in [0.1, 0.15) is 11.4 Å². The second kappa shape index (κ2) is 10.6. The third-order valence-electron chi connectivity index (χ3n) is 6.27. The van der Waals surface area contributed by atoms with Gasteiger partial charge in [-0.15, -0.1) is 0 Å². The number of hydrogen-bond donors (Lipinski definition) is 2. The van der Waals surface area contributed by atoms with E-state index in [1.54, 1.807) is 23.1 Å². The van der Waals surface area contributed by atoms with Crippen molar-refractivity contribution < 1.29 is 13.6 Å². The molecular formula is C27H23BrClF2N5O. The average molecular weight is 587 g/mol. The molecule has 2 heterocycles. The number of carbonyl (C=O) groups is 1. The highest BCUT2D eigenvalue weighted by Gasteiger charge is 2.29. The summed E-state index contributed by atoms with van der Waals surface area (Å²) in [5.74, 6) is 0.194. The third kappa shape index (κ3) is 5.53. The van der Waals surface area contributed by atoms with E-state index in [1.807, 2.05) is 28.8 Å². The van der Waals surface area contributed by atoms with Crippen molar-refractivity contribution in [3.63, 3.8) is 0 Å². The molecule has 1 aliphatic heterocycles. The van der Waals surface area contributed by atoms with Gasteiger partial charge < -0.3 is 20.5 Å². The van der Waals surface area contributed by atoms with Crippen molar-refractivity contribution >= 4 is 44.9 Å². The van der Waals surface area contributed by atoms with Crippen LogP contribution < -0.4 is 11.1 Å². The molecule has 0 saturated heterocycles. The molecule has 37 heavy (non-hydrogen) atoms. The Balaban J connectivity index is 1.42. The Bertz CT molecular complexity index is 1440. The topological polar surface area (TPSA) is 76.2 Å². The van der Waals surface area contributed by atoms with Crippen LogP contribution in [0.15, 0.2) is 71.2 Å². The summed E-state index contributed by atoms with van der Waals surface area (Å²) in [6.07, 6.45) is 0.423. The number of rotatable bonds is 6. The lowest BCUT2D eigenvalue weighted by Crippen LogP contribution is -2.47. The lowest BCUT2D eigenvalue weighted by molar-refractivity contribution is -0.134. The first kappa shape index (κ1) is 25.4. The molecule has 3 aromatic carbocycles. The minimum atomic E-state index is -0.686. The molecule has 10 heteroatoms. The summed E-state index contributed by atoms with van der Waals surface area (Å²) in [6.45, 7) is 1.15. The standard InChI is InChI=1S/C27H23BrClF2N5O/c28-18-5-1-16(2-6-18)13-23(32)27(37)35-11-12-36-24(15-35)34-25(17-3-7-19(30)8-4-17)26(36)33-20-9-10-21(29)22(31)14-20/h1-10,14,23,33H,11-13,15,32H2/t23-/m1/s1. The number of carbonyl (C=O) groups excluding carboxylic acids is 1. The monoisotopic (exact) mass is 585 g/mol. The van der Waals surface area contributed by atoms with Crippen LogP contribution in [0.5, 0.6) is 0 Å². The third-order valence-corrected chi connectivity index (χ3v) is 7.11. The summed E-state index contributed by atoms with van der Waals surface area (Å²) in [6, 6.07) is 17.4. The van der Waals surface area contributed by atoms with Gasteiger partial charge >= 0.3 is 0 Å². The summed E-state index contributed by atoms with van der Waals surface area (Å²) in [5.41, 5.74) is 9.00. The SMILES string of the molecule is N[C@H](Cc1ccc(Br)cc1)C(=O)N1CCn2c(nc(-c3ccc(F)cc3)c2Nc2ccc(Cl)c(F)c2)C1. The molecule has 1 atom stereocenters. The number of fused-ring (bicyclic) bond motifs is 1. The first-order chi connectivity index (χ1) is 17.8. The van der Waals surface area contributed by atoms with E-state index in [-0.39, 0.29) is 23.3 Å². The Hall–Kier alpha value is -3.27. The maximum Gasteiger partial charge on any atom is 0.240 e. The van der Waals surface area contributed by atoms with Crippen LogP contribution in [0, 0.1) is 11.6 Å². The van der Waals surface area contributed by atoms with Crippen LogP contribution in [-0.2, 0) is 24.3 Å². The van der Waals surface area contributed by atoms with Crippen LogP contribution in [0.4, 0.5) is 20.3 Å². The molecule has 1 aromatic heterocycles. The highest BCUT2D eigenvalue weighted by Crippen LogP contribution is 2.34. The fourth-order valence-electron chi connectivity index (χ4n) is 4.36. The molecule has 0 radical (unpaired) electrons. The molecule has 6 nitrogen and oxygen atoms in total. The van der Waals surface area contributed by atoms with Crippen molar-refractivity contribution in [2.24, 2.45) is 5.73 Å². The van der Waals surface area contributed by atoms with Crippen LogP contribution in [-0.4, -0.2) is 32.9 Å². The number of halogens is 4. The highest BCUT2D eigenvalue weighted by atomic mass is 79.9. The zero-order valence-corrected chi connectivity index (χ0v) is 21.9. The van der Waals surface area contributed by atoms with Crippen LogP contribution in [0.3, 0.4) is 0 Å². The first-order valence-corrected chi connectivity index (χ1v) is 12.8. The Kier molecular flexibility index (Phi) is 7.28. The maximum absolute atomic E-state index is 14.1. The fraction of sp³-hybridized carbons (Fsp3) is 0.185. The molecule has 1 amide bonds. The van der Waals surface area contributed by atoms with Gasteiger partial charge in [-0.3, -0.25) is 4.79 Å². The summed E-state index contributed by atoms with van der Waals surface area (Å²) in [4.78, 5) is 19.7. The molecule has 190 valence electrons. The number of benzene rings is 3. The quantitative estimate of drug-likeness (QED) is 0.295. The maximum atomic E-state index is 14.1. The van der Waals surface area contributed by atoms with Crippen molar-refractivity contribution in [1.29, 1.82) is 0 Å². The van der Waals surface area contributed by atoms with Crippen LogP contribution in [0.2, 0.25) is 5.02 Å². The Morgan fingerprint density at radius 2 is 1.81 bits per heavy atom. The Labute approximate surface area is 226 Å². The molecule has 0 saturated carbocycles. The molecule has 0 fully saturated rings. The van der Waals surface area contributed by atoms with Gasteiger partial charge in [0.1, 0.15) is 29.0 Å². The van der Waals surface area contributed by atoms with E-state index in [9.17, 15) is 13.6 Å². The normalized spacial score (nSPS) is 13.8. The number of hydrogen-bond acceptors (Lipinski definition) is 4. The lowest BCUT2D eigenvalue weighted by Gasteiger charge is -2.30. The number of amides is 1. The zero-order chi connectivity index (χ0) is 26.1. The van der Waals surface area contributed by atoms with Crippen molar-refractivity contribution in [2.45, 2.75) is 25.6 Å². The second-order valence-corrected chi connectivity index (χ2v) is 10.2. The van der Waals surface area contributed by atoms with E-state index in [4.69, 9.17) is 22.3 Å². The number of aromatic nitrogens is 2. The first-order valence-electron chi connectivity index (χ1n) is 11.6. The van der Waals surface area contributed by atoms with E-state index < -0.39 is 11.9 Å². The number of nitrogens with one attached hydrogen (secondary N) is 1. The van der Waals surface area contributed by atoms with Gasteiger partial charge in [0.2, 0.25) is 5.91 Å². The summed E-state index contributed by atoms with van der Waals surface area (Å²) >= 11 is 9.25. The minimum Gasteiger partial charge on any atom is -0.340 e. The predicted octanol–water partition coefficient (Wildman–Crippen LogP) is 5.90. The van der Waals surface area contributed by atoms with Gasteiger partial charge in [-0.25, -0.2) is 13.8 Å². The van der Waals surface area contributed by atoms with Crippen LogP contribution in [0.25, 0.3) is 11.3 Å². The molecule has 0 unspecified atom stereocenters. The number of nitrogens with zero attached hydrogens (tertiary/aromatic N) is 3. The van der Waals surface area contributed by atoms with Gasteiger partial charge in [-0.1, -0.05) is 39.7 Å². The van der Waals surface area contributed by atoms with Crippen molar-refractivity contribution in [1.82, 2.24) is 14.5 Å². The van der Waals surface area contributed by atoms with Gasteiger partial charge in [-0.2, -0.15) is 0 Å². The van der Waals surface area contributed by atoms with Crippen molar-refractivity contribution in [3.05, 3.63) is 99.2 Å². The fourth-order valence-corrected chi connectivity index (χ4v) is 4.74. The number of nitrogens with two attached hydrogens (primary N) is 1. The molecule has 3 N–H and O–H groups in total. The average Bonchev–Trinajstić information content (AvgIpc) is 3.25. The molecule has 0 aliphatic carbocycles. The largest absolute Gasteiger partial charge is 0.340 e. The van der Waals surface area contributed by atoms with E-state index >= 15 is 0 Å². The van der Waals surface area contributed by atoms with Gasteiger partial charge in [0.05, 0.1) is 17.6 Å². The Morgan fingerprint density at radius 1 is 1.08 bits per heavy atom.